The zero-order chi connectivity index (χ0) is 12.3. The molecule has 88 valence electrons. The predicted octanol–water partition coefficient (Wildman–Crippen LogP) is 2.31. The van der Waals surface area contributed by atoms with E-state index in [-0.39, 0.29) is 12.3 Å². The van der Waals surface area contributed by atoms with Crippen LogP contribution >= 0.6 is 0 Å². The standard InChI is InChI=1S/C13H18O3/c1-9(2)13(16,8-12(14)15)11-6-4-10(3)5-7-11/h4-7,9,16H,8H2,1-3H3,(H,14,15). The van der Waals surface area contributed by atoms with Gasteiger partial charge in [0.15, 0.2) is 0 Å². The Bertz CT molecular complexity index is 367. The molecule has 0 aliphatic carbocycles. The Kier molecular flexibility index (Phi) is 3.70. The summed E-state index contributed by atoms with van der Waals surface area (Å²) in [5.74, 6) is -1.14. The van der Waals surface area contributed by atoms with Gasteiger partial charge in [-0.15, -0.1) is 0 Å². The number of aryl methyl sites for hydroxylation is 1. The van der Waals surface area contributed by atoms with E-state index < -0.39 is 11.6 Å². The van der Waals surface area contributed by atoms with Crippen LogP contribution in [0.2, 0.25) is 0 Å². The average molecular weight is 222 g/mol. The summed E-state index contributed by atoms with van der Waals surface area (Å²) in [6.45, 7) is 5.60. The van der Waals surface area contributed by atoms with Crippen LogP contribution in [-0.4, -0.2) is 16.2 Å². The molecule has 0 aromatic heterocycles. The minimum absolute atomic E-state index is 0.147. The molecule has 3 nitrogen and oxygen atoms in total. The average Bonchev–Trinajstić information content (AvgIpc) is 2.17. The lowest BCUT2D eigenvalue weighted by molar-refractivity contribution is -0.145. The number of benzene rings is 1. The van der Waals surface area contributed by atoms with Gasteiger partial charge in [0.05, 0.1) is 6.42 Å². The Labute approximate surface area is 95.7 Å². The lowest BCUT2D eigenvalue weighted by Gasteiger charge is -2.31. The molecule has 0 aliphatic rings. The van der Waals surface area contributed by atoms with E-state index in [0.717, 1.165) is 5.56 Å². The molecule has 16 heavy (non-hydrogen) atoms. The molecule has 0 saturated carbocycles. The second-order valence-corrected chi connectivity index (χ2v) is 4.52. The molecule has 0 amide bonds. The van der Waals surface area contributed by atoms with Crippen LogP contribution in [0, 0.1) is 12.8 Å². The smallest absolute Gasteiger partial charge is 0.306 e. The van der Waals surface area contributed by atoms with E-state index in [9.17, 15) is 9.90 Å². The van der Waals surface area contributed by atoms with E-state index in [0.29, 0.717) is 5.56 Å². The van der Waals surface area contributed by atoms with E-state index in [1.54, 1.807) is 12.1 Å². The SMILES string of the molecule is Cc1ccc(C(O)(CC(=O)O)C(C)C)cc1. The number of carboxylic acids is 1. The van der Waals surface area contributed by atoms with Crippen molar-refractivity contribution in [2.75, 3.05) is 0 Å². The van der Waals surface area contributed by atoms with Crippen LogP contribution in [0.5, 0.6) is 0 Å². The zero-order valence-corrected chi connectivity index (χ0v) is 9.90. The van der Waals surface area contributed by atoms with E-state index in [4.69, 9.17) is 5.11 Å². The minimum Gasteiger partial charge on any atom is -0.481 e. The van der Waals surface area contributed by atoms with Crippen molar-refractivity contribution < 1.29 is 15.0 Å². The van der Waals surface area contributed by atoms with Gasteiger partial charge in [0.2, 0.25) is 0 Å². The molecular weight excluding hydrogens is 204 g/mol. The third-order valence-electron chi connectivity index (χ3n) is 2.93. The molecular formula is C13H18O3. The van der Waals surface area contributed by atoms with E-state index in [2.05, 4.69) is 0 Å². The number of hydrogen-bond donors (Lipinski definition) is 2. The summed E-state index contributed by atoms with van der Waals surface area (Å²) >= 11 is 0. The molecule has 1 atom stereocenters. The second-order valence-electron chi connectivity index (χ2n) is 4.52. The fraction of sp³-hybridized carbons (Fsp3) is 0.462. The van der Waals surface area contributed by atoms with Crippen LogP contribution in [0.15, 0.2) is 24.3 Å². The fourth-order valence-electron chi connectivity index (χ4n) is 1.71. The Morgan fingerprint density at radius 2 is 1.81 bits per heavy atom. The monoisotopic (exact) mass is 222 g/mol. The second kappa shape index (κ2) is 4.66. The maximum absolute atomic E-state index is 10.8. The fourth-order valence-corrected chi connectivity index (χ4v) is 1.71. The van der Waals surface area contributed by atoms with Gasteiger partial charge in [-0.1, -0.05) is 43.7 Å². The quantitative estimate of drug-likeness (QED) is 0.822. The van der Waals surface area contributed by atoms with Crippen molar-refractivity contribution in [3.05, 3.63) is 35.4 Å². The number of hydrogen-bond acceptors (Lipinski definition) is 2. The molecule has 3 heteroatoms. The Morgan fingerprint density at radius 1 is 1.31 bits per heavy atom. The van der Waals surface area contributed by atoms with Gasteiger partial charge < -0.3 is 10.2 Å². The largest absolute Gasteiger partial charge is 0.481 e. The minimum atomic E-state index is -1.29. The topological polar surface area (TPSA) is 57.5 Å². The molecule has 1 rings (SSSR count). The summed E-state index contributed by atoms with van der Waals surface area (Å²) in [5, 5.41) is 19.3. The van der Waals surface area contributed by atoms with Gasteiger partial charge in [0.1, 0.15) is 5.60 Å². The first kappa shape index (κ1) is 12.7. The van der Waals surface area contributed by atoms with Crippen LogP contribution in [0.3, 0.4) is 0 Å². The molecule has 1 aromatic carbocycles. The number of aliphatic carboxylic acids is 1. The zero-order valence-electron chi connectivity index (χ0n) is 9.90. The van der Waals surface area contributed by atoms with Crippen molar-refractivity contribution in [1.82, 2.24) is 0 Å². The van der Waals surface area contributed by atoms with Gasteiger partial charge in [-0.05, 0) is 18.4 Å². The van der Waals surface area contributed by atoms with E-state index >= 15 is 0 Å². The summed E-state index contributed by atoms with van der Waals surface area (Å²) in [5.41, 5.74) is 0.459. The number of aliphatic hydroxyl groups is 1. The highest BCUT2D eigenvalue weighted by atomic mass is 16.4. The van der Waals surface area contributed by atoms with Crippen LogP contribution in [0.25, 0.3) is 0 Å². The third-order valence-corrected chi connectivity index (χ3v) is 2.93. The molecule has 0 aliphatic heterocycles. The number of carboxylic acid groups (broad SMARTS) is 1. The number of carbonyl (C=O) groups is 1. The van der Waals surface area contributed by atoms with Gasteiger partial charge in [0.25, 0.3) is 0 Å². The normalized spacial score (nSPS) is 14.8. The Balaban J connectivity index is 3.10. The first-order chi connectivity index (χ1) is 7.36. The Hall–Kier alpha value is -1.35. The molecule has 0 saturated heterocycles. The van der Waals surface area contributed by atoms with E-state index in [1.807, 2.05) is 32.9 Å². The van der Waals surface area contributed by atoms with Gasteiger partial charge in [-0.2, -0.15) is 0 Å². The van der Waals surface area contributed by atoms with Crippen LogP contribution in [0.1, 0.15) is 31.4 Å². The van der Waals surface area contributed by atoms with Crippen molar-refractivity contribution in [3.8, 4) is 0 Å². The molecule has 0 radical (unpaired) electrons. The first-order valence-electron chi connectivity index (χ1n) is 5.37. The van der Waals surface area contributed by atoms with Crippen molar-refractivity contribution >= 4 is 5.97 Å². The lowest BCUT2D eigenvalue weighted by Crippen LogP contribution is -2.34. The molecule has 1 aromatic rings. The summed E-state index contributed by atoms with van der Waals surface area (Å²) in [6.07, 6.45) is -0.270. The van der Waals surface area contributed by atoms with Gasteiger partial charge in [-0.25, -0.2) is 0 Å². The van der Waals surface area contributed by atoms with Gasteiger partial charge >= 0.3 is 5.97 Å². The molecule has 1 unspecified atom stereocenters. The van der Waals surface area contributed by atoms with Gasteiger partial charge in [-0.3, -0.25) is 4.79 Å². The highest BCUT2D eigenvalue weighted by Gasteiger charge is 2.35. The van der Waals surface area contributed by atoms with Gasteiger partial charge in [0, 0.05) is 0 Å². The molecule has 0 fully saturated rings. The molecule has 0 spiro atoms. The predicted molar refractivity (Wildman–Crippen MR) is 62.2 cm³/mol. The van der Waals surface area contributed by atoms with Crippen molar-refractivity contribution in [3.63, 3.8) is 0 Å². The summed E-state index contributed by atoms with van der Waals surface area (Å²) in [6, 6.07) is 7.34. The van der Waals surface area contributed by atoms with E-state index in [1.165, 1.54) is 0 Å². The number of rotatable bonds is 4. The first-order valence-corrected chi connectivity index (χ1v) is 5.37. The summed E-state index contributed by atoms with van der Waals surface area (Å²) in [4.78, 5) is 10.8. The highest BCUT2D eigenvalue weighted by Crippen LogP contribution is 2.33. The third kappa shape index (κ3) is 2.61. The molecule has 2 N–H and O–H groups in total. The Morgan fingerprint density at radius 3 is 2.19 bits per heavy atom. The maximum Gasteiger partial charge on any atom is 0.306 e. The summed E-state index contributed by atoms with van der Waals surface area (Å²) in [7, 11) is 0. The maximum atomic E-state index is 10.8. The van der Waals surface area contributed by atoms with Crippen LogP contribution in [-0.2, 0) is 10.4 Å². The highest BCUT2D eigenvalue weighted by molar-refractivity contribution is 5.68. The van der Waals surface area contributed by atoms with Crippen LogP contribution < -0.4 is 0 Å². The molecule has 0 bridgehead atoms. The van der Waals surface area contributed by atoms with Crippen molar-refractivity contribution in [2.24, 2.45) is 5.92 Å². The summed E-state index contributed by atoms with van der Waals surface area (Å²) < 4.78 is 0. The van der Waals surface area contributed by atoms with Crippen molar-refractivity contribution in [1.29, 1.82) is 0 Å². The lowest BCUT2D eigenvalue weighted by atomic mass is 9.80. The van der Waals surface area contributed by atoms with Crippen LogP contribution in [0.4, 0.5) is 0 Å². The molecule has 0 heterocycles. The van der Waals surface area contributed by atoms with Crippen molar-refractivity contribution in [2.45, 2.75) is 32.8 Å².